The summed E-state index contributed by atoms with van der Waals surface area (Å²) < 4.78 is 0. The van der Waals surface area contributed by atoms with Crippen LogP contribution in [0.15, 0.2) is 24.3 Å². The third-order valence-corrected chi connectivity index (χ3v) is 5.92. The Kier molecular flexibility index (Phi) is 8.57. The van der Waals surface area contributed by atoms with Gasteiger partial charge >= 0.3 is 13.1 Å². The zero-order chi connectivity index (χ0) is 19.9. The Morgan fingerprint density at radius 1 is 1.19 bits per heavy atom. The predicted octanol–water partition coefficient (Wildman–Crippen LogP) is 2.41. The summed E-state index contributed by atoms with van der Waals surface area (Å²) in [5.74, 6) is -1.01. The van der Waals surface area contributed by atoms with E-state index < -0.39 is 18.6 Å². The van der Waals surface area contributed by atoms with Crippen molar-refractivity contribution < 1.29 is 19.9 Å². The van der Waals surface area contributed by atoms with Gasteiger partial charge in [-0.2, -0.15) is 0 Å². The van der Waals surface area contributed by atoms with Crippen molar-refractivity contribution in [2.45, 2.75) is 69.4 Å². The first-order valence-electron chi connectivity index (χ1n) is 9.67. The first-order valence-corrected chi connectivity index (χ1v) is 10.1. The molecule has 1 unspecified atom stereocenters. The second-order valence-corrected chi connectivity index (χ2v) is 8.06. The van der Waals surface area contributed by atoms with E-state index in [4.69, 9.17) is 27.4 Å². The molecule has 0 aromatic heterocycles. The summed E-state index contributed by atoms with van der Waals surface area (Å²) in [5.41, 5.74) is 6.24. The third-order valence-electron chi connectivity index (χ3n) is 5.66. The Labute approximate surface area is 166 Å². The molecular formula is C19H30BClN2O4. The normalized spacial score (nSPS) is 22.2. The van der Waals surface area contributed by atoms with Gasteiger partial charge in [0.15, 0.2) is 0 Å². The summed E-state index contributed by atoms with van der Waals surface area (Å²) >= 11 is 5.90. The number of aliphatic carboxylic acids is 1. The first kappa shape index (κ1) is 22.2. The number of nitrogens with one attached hydrogen (secondary N) is 1. The van der Waals surface area contributed by atoms with Gasteiger partial charge in [-0.25, -0.2) is 0 Å². The van der Waals surface area contributed by atoms with Gasteiger partial charge in [0.1, 0.15) is 5.54 Å². The molecule has 0 bridgehead atoms. The van der Waals surface area contributed by atoms with E-state index in [9.17, 15) is 9.90 Å². The first-order chi connectivity index (χ1) is 12.8. The number of hydrogen-bond donors (Lipinski definition) is 5. The van der Waals surface area contributed by atoms with Crippen molar-refractivity contribution in [2.75, 3.05) is 0 Å². The number of nitrogens with two attached hydrogens (primary N) is 1. The highest BCUT2D eigenvalue weighted by atomic mass is 35.5. The molecule has 2 rings (SSSR count). The molecule has 6 N–H and O–H groups in total. The number of benzene rings is 1. The SMILES string of the molecule is NC(CCCCB(O)O)(C(=O)O)[C@H]1CC[C@@H](NCc2ccc(Cl)cc2)CC1. The van der Waals surface area contributed by atoms with E-state index >= 15 is 0 Å². The maximum absolute atomic E-state index is 11.8. The number of rotatable bonds is 10. The molecule has 27 heavy (non-hydrogen) atoms. The molecule has 1 aliphatic carbocycles. The Hall–Kier alpha value is -1.12. The van der Waals surface area contributed by atoms with Crippen molar-refractivity contribution >= 4 is 24.7 Å². The fourth-order valence-electron chi connectivity index (χ4n) is 3.91. The Morgan fingerprint density at radius 2 is 1.81 bits per heavy atom. The number of carboxylic acids is 1. The van der Waals surface area contributed by atoms with Crippen LogP contribution in [0.3, 0.4) is 0 Å². The lowest BCUT2D eigenvalue weighted by atomic mass is 9.71. The molecule has 0 saturated heterocycles. The van der Waals surface area contributed by atoms with Crippen LogP contribution >= 0.6 is 11.6 Å². The lowest BCUT2D eigenvalue weighted by Crippen LogP contribution is -2.55. The van der Waals surface area contributed by atoms with Gasteiger partial charge in [-0.1, -0.05) is 36.6 Å². The quantitative estimate of drug-likeness (QED) is 0.306. The molecule has 1 atom stereocenters. The van der Waals surface area contributed by atoms with Gasteiger partial charge in [0, 0.05) is 17.6 Å². The van der Waals surface area contributed by atoms with Crippen molar-refractivity contribution in [1.82, 2.24) is 5.32 Å². The fraction of sp³-hybridized carbons (Fsp3) is 0.632. The topological polar surface area (TPSA) is 116 Å². The summed E-state index contributed by atoms with van der Waals surface area (Å²) in [6.07, 6.45) is 5.11. The maximum atomic E-state index is 11.8. The monoisotopic (exact) mass is 396 g/mol. The summed E-state index contributed by atoms with van der Waals surface area (Å²) in [5, 5.41) is 31.8. The molecule has 1 saturated carbocycles. The summed E-state index contributed by atoms with van der Waals surface area (Å²) in [4.78, 5) is 11.8. The van der Waals surface area contributed by atoms with Crippen molar-refractivity contribution in [3.63, 3.8) is 0 Å². The van der Waals surface area contributed by atoms with Gasteiger partial charge in [0.05, 0.1) is 0 Å². The maximum Gasteiger partial charge on any atom is 0.451 e. The highest BCUT2D eigenvalue weighted by molar-refractivity contribution is 6.40. The third kappa shape index (κ3) is 6.77. The molecular weight excluding hydrogens is 366 g/mol. The molecule has 1 aromatic rings. The number of hydrogen-bond acceptors (Lipinski definition) is 5. The Morgan fingerprint density at radius 3 is 2.37 bits per heavy atom. The van der Waals surface area contributed by atoms with Crippen molar-refractivity contribution in [2.24, 2.45) is 11.7 Å². The lowest BCUT2D eigenvalue weighted by molar-refractivity contribution is -0.146. The van der Waals surface area contributed by atoms with Crippen molar-refractivity contribution in [3.8, 4) is 0 Å². The molecule has 1 aliphatic rings. The number of carbonyl (C=O) groups is 1. The molecule has 0 radical (unpaired) electrons. The summed E-state index contributed by atoms with van der Waals surface area (Å²) in [6.45, 7) is 0.767. The van der Waals surface area contributed by atoms with Crippen molar-refractivity contribution in [1.29, 1.82) is 0 Å². The smallest absolute Gasteiger partial charge is 0.451 e. The highest BCUT2D eigenvalue weighted by Gasteiger charge is 2.43. The van der Waals surface area contributed by atoms with E-state index in [-0.39, 0.29) is 12.2 Å². The summed E-state index contributed by atoms with van der Waals surface area (Å²) in [6, 6.07) is 8.11. The predicted molar refractivity (Wildman–Crippen MR) is 107 cm³/mol. The van der Waals surface area contributed by atoms with Crippen molar-refractivity contribution in [3.05, 3.63) is 34.9 Å². The molecule has 1 aromatic carbocycles. The van der Waals surface area contributed by atoms with Crippen LogP contribution in [-0.2, 0) is 11.3 Å². The van der Waals surface area contributed by atoms with Crippen LogP contribution in [0.2, 0.25) is 11.3 Å². The van der Waals surface area contributed by atoms with E-state index in [1.165, 1.54) is 5.56 Å². The molecule has 1 fully saturated rings. The van der Waals surface area contributed by atoms with Crippen LogP contribution in [0, 0.1) is 5.92 Å². The highest BCUT2D eigenvalue weighted by Crippen LogP contribution is 2.35. The summed E-state index contributed by atoms with van der Waals surface area (Å²) in [7, 11) is -1.34. The number of carboxylic acid groups (broad SMARTS) is 1. The molecule has 6 nitrogen and oxygen atoms in total. The zero-order valence-corrected chi connectivity index (χ0v) is 16.4. The van der Waals surface area contributed by atoms with E-state index in [0.29, 0.717) is 25.3 Å². The number of halogens is 1. The second kappa shape index (κ2) is 10.4. The molecule has 150 valence electrons. The van der Waals surface area contributed by atoms with E-state index in [0.717, 1.165) is 37.3 Å². The van der Waals surface area contributed by atoms with Crippen LogP contribution in [0.4, 0.5) is 0 Å². The minimum absolute atomic E-state index is 0.0531. The second-order valence-electron chi connectivity index (χ2n) is 7.63. The Balaban J connectivity index is 1.80. The lowest BCUT2D eigenvalue weighted by Gasteiger charge is -2.39. The average molecular weight is 397 g/mol. The van der Waals surface area contributed by atoms with Crippen LogP contribution in [0.5, 0.6) is 0 Å². The van der Waals surface area contributed by atoms with Crippen LogP contribution < -0.4 is 11.1 Å². The van der Waals surface area contributed by atoms with Crippen LogP contribution in [0.1, 0.15) is 50.5 Å². The van der Waals surface area contributed by atoms with Gasteiger partial charge < -0.3 is 26.2 Å². The fourth-order valence-corrected chi connectivity index (χ4v) is 4.03. The van der Waals surface area contributed by atoms with Gasteiger partial charge in [-0.05, 0) is 62.0 Å². The Bertz CT molecular complexity index is 594. The molecule has 0 amide bonds. The number of unbranched alkanes of at least 4 members (excludes halogenated alkanes) is 1. The standard InChI is InChI=1S/C19H30BClN2O4/c21-16-7-3-14(4-8-16)13-23-17-9-5-15(6-10-17)19(22,18(24)25)11-1-2-12-20(26)27/h3-4,7-8,15,17,23,26-27H,1-2,5-6,9-13,22H2,(H,24,25)/t15-,17+,19?. The average Bonchev–Trinajstić information content (AvgIpc) is 2.64. The largest absolute Gasteiger partial charge is 0.480 e. The molecule has 0 aliphatic heterocycles. The minimum Gasteiger partial charge on any atom is -0.480 e. The molecule has 0 heterocycles. The van der Waals surface area contributed by atoms with E-state index in [2.05, 4.69) is 5.32 Å². The molecule has 8 heteroatoms. The van der Waals surface area contributed by atoms with Gasteiger partial charge in [0.25, 0.3) is 0 Å². The zero-order valence-electron chi connectivity index (χ0n) is 15.6. The molecule has 0 spiro atoms. The minimum atomic E-state index is -1.34. The van der Waals surface area contributed by atoms with Gasteiger partial charge in [-0.15, -0.1) is 0 Å². The van der Waals surface area contributed by atoms with Crippen LogP contribution in [-0.4, -0.2) is 39.8 Å². The van der Waals surface area contributed by atoms with Crippen LogP contribution in [0.25, 0.3) is 0 Å². The van der Waals surface area contributed by atoms with E-state index in [1.54, 1.807) is 0 Å². The van der Waals surface area contributed by atoms with Gasteiger partial charge in [-0.3, -0.25) is 4.79 Å². The van der Waals surface area contributed by atoms with Gasteiger partial charge in [0.2, 0.25) is 0 Å². The van der Waals surface area contributed by atoms with E-state index in [1.807, 2.05) is 24.3 Å².